The van der Waals surface area contributed by atoms with Crippen LogP contribution < -0.4 is 5.32 Å². The molecule has 2 atom stereocenters. The quantitative estimate of drug-likeness (QED) is 0.894. The summed E-state index contributed by atoms with van der Waals surface area (Å²) in [7, 11) is 0. The van der Waals surface area contributed by atoms with Gasteiger partial charge in [0.15, 0.2) is 0 Å². The van der Waals surface area contributed by atoms with Crippen molar-refractivity contribution in [2.45, 2.75) is 45.4 Å². The molecule has 0 aromatic heterocycles. The number of aliphatic hydroxyl groups excluding tert-OH is 1. The van der Waals surface area contributed by atoms with Crippen molar-refractivity contribution in [3.05, 3.63) is 35.9 Å². The third-order valence-corrected chi connectivity index (χ3v) is 4.00. The van der Waals surface area contributed by atoms with E-state index in [4.69, 9.17) is 4.74 Å². The predicted octanol–water partition coefficient (Wildman–Crippen LogP) is 2.39. The molecule has 0 radical (unpaired) electrons. The number of hydrogen-bond donors (Lipinski definition) is 2. The molecule has 0 unspecified atom stereocenters. The minimum Gasteiger partial charge on any atom is -0.444 e. The fourth-order valence-electron chi connectivity index (χ4n) is 2.93. The second-order valence-corrected chi connectivity index (χ2v) is 7.20. The summed E-state index contributed by atoms with van der Waals surface area (Å²) in [6, 6.07) is 10.3. The van der Waals surface area contributed by atoms with Gasteiger partial charge in [-0.1, -0.05) is 30.3 Å². The molecule has 5 heteroatoms. The number of aliphatic hydroxyl groups is 1. The van der Waals surface area contributed by atoms with Crippen LogP contribution in [0.15, 0.2) is 30.3 Å². The fourth-order valence-corrected chi connectivity index (χ4v) is 2.93. The normalized spacial score (nSPS) is 22.6. The zero-order chi connectivity index (χ0) is 16.9. The van der Waals surface area contributed by atoms with Gasteiger partial charge < -0.3 is 15.2 Å². The number of piperidine rings is 1. The summed E-state index contributed by atoms with van der Waals surface area (Å²) in [5.41, 5.74) is 0.759. The lowest BCUT2D eigenvalue weighted by Gasteiger charge is -2.38. The van der Waals surface area contributed by atoms with Gasteiger partial charge in [-0.3, -0.25) is 4.90 Å². The van der Waals surface area contributed by atoms with E-state index in [0.29, 0.717) is 0 Å². The van der Waals surface area contributed by atoms with Crippen LogP contribution in [0.3, 0.4) is 0 Å². The Bertz CT molecular complexity index is 499. The number of nitrogens with one attached hydrogen (secondary N) is 1. The Kier molecular flexibility index (Phi) is 6.02. The van der Waals surface area contributed by atoms with Crippen molar-refractivity contribution < 1.29 is 14.6 Å². The lowest BCUT2D eigenvalue weighted by Crippen LogP contribution is -2.52. The van der Waals surface area contributed by atoms with Crippen LogP contribution in [0.4, 0.5) is 4.79 Å². The van der Waals surface area contributed by atoms with E-state index in [9.17, 15) is 9.90 Å². The Morgan fingerprint density at radius 1 is 1.35 bits per heavy atom. The monoisotopic (exact) mass is 320 g/mol. The van der Waals surface area contributed by atoms with Crippen LogP contribution in [0.1, 0.15) is 32.8 Å². The van der Waals surface area contributed by atoms with E-state index in [0.717, 1.165) is 26.1 Å². The molecule has 128 valence electrons. The van der Waals surface area contributed by atoms with Gasteiger partial charge in [0.05, 0.1) is 0 Å². The van der Waals surface area contributed by atoms with Crippen molar-refractivity contribution in [1.82, 2.24) is 10.2 Å². The predicted molar refractivity (Wildman–Crippen MR) is 90.1 cm³/mol. The van der Waals surface area contributed by atoms with Crippen molar-refractivity contribution >= 4 is 6.09 Å². The number of carbonyl (C=O) groups excluding carboxylic acids is 1. The molecule has 0 aliphatic carbocycles. The molecule has 1 aliphatic heterocycles. The summed E-state index contributed by atoms with van der Waals surface area (Å²) < 4.78 is 5.31. The van der Waals surface area contributed by atoms with Crippen LogP contribution in [-0.4, -0.2) is 47.4 Å². The lowest BCUT2D eigenvalue weighted by molar-refractivity contribution is 0.0376. The van der Waals surface area contributed by atoms with Gasteiger partial charge in [-0.05, 0) is 32.8 Å². The van der Waals surface area contributed by atoms with E-state index in [1.54, 1.807) is 0 Å². The molecule has 5 nitrogen and oxygen atoms in total. The first kappa shape index (κ1) is 17.8. The number of alkyl carbamates (subject to hydrolysis) is 1. The van der Waals surface area contributed by atoms with Gasteiger partial charge >= 0.3 is 6.09 Å². The molecule has 0 saturated carbocycles. The summed E-state index contributed by atoms with van der Waals surface area (Å²) in [4.78, 5) is 14.3. The number of likely N-dealkylation sites (tertiary alicyclic amines) is 1. The third-order valence-electron chi connectivity index (χ3n) is 4.00. The second-order valence-electron chi connectivity index (χ2n) is 7.20. The number of ether oxygens (including phenoxy) is 1. The first-order valence-electron chi connectivity index (χ1n) is 8.24. The van der Waals surface area contributed by atoms with Gasteiger partial charge in [0.1, 0.15) is 5.60 Å². The number of carbonyl (C=O) groups is 1. The summed E-state index contributed by atoms with van der Waals surface area (Å²) in [5, 5.41) is 12.6. The molecule has 1 heterocycles. The molecule has 1 aliphatic rings. The zero-order valence-electron chi connectivity index (χ0n) is 14.3. The van der Waals surface area contributed by atoms with Crippen LogP contribution in [0.5, 0.6) is 0 Å². The van der Waals surface area contributed by atoms with Crippen molar-refractivity contribution in [1.29, 1.82) is 0 Å². The summed E-state index contributed by atoms with van der Waals surface area (Å²) >= 11 is 0. The molecule has 1 fully saturated rings. The van der Waals surface area contributed by atoms with Gasteiger partial charge in [0, 0.05) is 38.2 Å². The Morgan fingerprint density at radius 3 is 2.65 bits per heavy atom. The minimum atomic E-state index is -0.507. The number of hydrogen-bond acceptors (Lipinski definition) is 4. The Balaban J connectivity index is 1.87. The van der Waals surface area contributed by atoms with Gasteiger partial charge in [0.25, 0.3) is 0 Å². The number of amides is 1. The standard InChI is InChI=1S/C18H28N2O3/c1-18(2,3)23-17(22)19-16-9-10-20(12-15(16)13-21)11-14-7-5-4-6-8-14/h4-8,15-16,21H,9-13H2,1-3H3,(H,19,22)/t15-,16+/m0/s1. The molecule has 2 rings (SSSR count). The van der Waals surface area contributed by atoms with Crippen molar-refractivity contribution in [2.75, 3.05) is 19.7 Å². The van der Waals surface area contributed by atoms with Crippen molar-refractivity contribution in [2.24, 2.45) is 5.92 Å². The molecule has 23 heavy (non-hydrogen) atoms. The van der Waals surface area contributed by atoms with Gasteiger partial charge in [-0.15, -0.1) is 0 Å². The number of rotatable bonds is 4. The topological polar surface area (TPSA) is 61.8 Å². The highest BCUT2D eigenvalue weighted by Gasteiger charge is 2.31. The number of nitrogens with zero attached hydrogens (tertiary/aromatic N) is 1. The molecule has 1 aromatic carbocycles. The van der Waals surface area contributed by atoms with Gasteiger partial charge in [0.2, 0.25) is 0 Å². The van der Waals surface area contributed by atoms with E-state index in [2.05, 4.69) is 22.3 Å². The van der Waals surface area contributed by atoms with E-state index in [-0.39, 0.29) is 18.6 Å². The summed E-state index contributed by atoms with van der Waals surface area (Å²) in [5.74, 6) is 0.0278. The average Bonchev–Trinajstić information content (AvgIpc) is 2.48. The Morgan fingerprint density at radius 2 is 2.04 bits per heavy atom. The maximum atomic E-state index is 11.9. The molecule has 1 amide bonds. The maximum Gasteiger partial charge on any atom is 0.407 e. The molecule has 1 aromatic rings. The summed E-state index contributed by atoms with van der Waals surface area (Å²) in [6.07, 6.45) is 0.412. The second kappa shape index (κ2) is 7.79. The van der Waals surface area contributed by atoms with E-state index >= 15 is 0 Å². The molecular formula is C18H28N2O3. The molecular weight excluding hydrogens is 292 g/mol. The van der Waals surface area contributed by atoms with Crippen molar-refractivity contribution in [3.8, 4) is 0 Å². The maximum absolute atomic E-state index is 11.9. The molecule has 2 N–H and O–H groups in total. The van der Waals surface area contributed by atoms with Crippen LogP contribution >= 0.6 is 0 Å². The molecule has 0 bridgehead atoms. The van der Waals surface area contributed by atoms with E-state index in [1.165, 1.54) is 5.56 Å². The van der Waals surface area contributed by atoms with E-state index < -0.39 is 11.7 Å². The molecule has 1 saturated heterocycles. The van der Waals surface area contributed by atoms with Gasteiger partial charge in [-0.2, -0.15) is 0 Å². The first-order valence-corrected chi connectivity index (χ1v) is 8.24. The highest BCUT2D eigenvalue weighted by molar-refractivity contribution is 5.68. The van der Waals surface area contributed by atoms with Crippen LogP contribution in [0, 0.1) is 5.92 Å². The van der Waals surface area contributed by atoms with Crippen LogP contribution in [0.25, 0.3) is 0 Å². The third kappa shape index (κ3) is 5.84. The lowest BCUT2D eigenvalue weighted by atomic mass is 9.92. The fraction of sp³-hybridized carbons (Fsp3) is 0.611. The SMILES string of the molecule is CC(C)(C)OC(=O)N[C@@H]1CCN(Cc2ccccc2)C[C@H]1CO. The highest BCUT2D eigenvalue weighted by atomic mass is 16.6. The average molecular weight is 320 g/mol. The summed E-state index contributed by atoms with van der Waals surface area (Å²) in [6.45, 7) is 8.13. The Labute approximate surface area is 138 Å². The largest absolute Gasteiger partial charge is 0.444 e. The highest BCUT2D eigenvalue weighted by Crippen LogP contribution is 2.20. The Hall–Kier alpha value is -1.59. The van der Waals surface area contributed by atoms with Crippen LogP contribution in [-0.2, 0) is 11.3 Å². The number of benzene rings is 1. The van der Waals surface area contributed by atoms with Crippen LogP contribution in [0.2, 0.25) is 0 Å². The van der Waals surface area contributed by atoms with Crippen molar-refractivity contribution in [3.63, 3.8) is 0 Å². The molecule has 0 spiro atoms. The van der Waals surface area contributed by atoms with Gasteiger partial charge in [-0.25, -0.2) is 4.79 Å². The zero-order valence-corrected chi connectivity index (χ0v) is 14.3. The smallest absolute Gasteiger partial charge is 0.407 e. The minimum absolute atomic E-state index is 0.0278. The van der Waals surface area contributed by atoms with E-state index in [1.807, 2.05) is 39.0 Å². The first-order chi connectivity index (χ1) is 10.9.